The molecule has 2 aromatic rings. The summed E-state index contributed by atoms with van der Waals surface area (Å²) in [5.74, 6) is -0.566. The zero-order valence-corrected chi connectivity index (χ0v) is 14.7. The van der Waals surface area contributed by atoms with E-state index in [2.05, 4.69) is 24.3 Å². The number of benzene rings is 2. The van der Waals surface area contributed by atoms with Crippen molar-refractivity contribution in [1.82, 2.24) is 0 Å². The van der Waals surface area contributed by atoms with Gasteiger partial charge in [0.1, 0.15) is 0 Å². The maximum absolute atomic E-state index is 10.2. The molecule has 4 rings (SSSR count). The molecule has 0 aliphatic heterocycles. The molecular weight excluding hydrogens is 332 g/mol. The van der Waals surface area contributed by atoms with Gasteiger partial charge >= 0.3 is 0 Å². The van der Waals surface area contributed by atoms with Crippen molar-refractivity contribution in [2.45, 2.75) is 31.6 Å². The van der Waals surface area contributed by atoms with Crippen LogP contribution in [0.3, 0.4) is 0 Å². The van der Waals surface area contributed by atoms with E-state index in [1.165, 1.54) is 0 Å². The van der Waals surface area contributed by atoms with E-state index >= 15 is 0 Å². The number of hydrogen-bond donors (Lipinski definition) is 0. The van der Waals surface area contributed by atoms with Crippen LogP contribution in [0.25, 0.3) is 10.8 Å². The monoisotopic (exact) mass is 348 g/mol. The quantitative estimate of drug-likeness (QED) is 0.686. The molecule has 128 valence electrons. The third-order valence-corrected chi connectivity index (χ3v) is 6.18. The molecule has 0 radical (unpaired) electrons. The Morgan fingerprint density at radius 1 is 0.815 bits per heavy atom. The third kappa shape index (κ3) is 2.05. The van der Waals surface area contributed by atoms with E-state index in [0.29, 0.717) is 0 Å². The molecule has 0 N–H and O–H groups in total. The van der Waals surface area contributed by atoms with E-state index in [0.717, 1.165) is 46.7 Å². The van der Waals surface area contributed by atoms with E-state index in [1.807, 2.05) is 42.5 Å². The zero-order valence-electron chi connectivity index (χ0n) is 14.7. The van der Waals surface area contributed by atoms with Gasteiger partial charge in [-0.1, -0.05) is 53.6 Å². The van der Waals surface area contributed by atoms with Gasteiger partial charge in [0.05, 0.1) is 24.3 Å². The highest BCUT2D eigenvalue weighted by Gasteiger charge is 2.63. The van der Waals surface area contributed by atoms with Crippen molar-refractivity contribution in [2.75, 3.05) is 0 Å². The molecule has 4 nitrogen and oxygen atoms in total. The first-order chi connectivity index (χ1) is 13.2. The van der Waals surface area contributed by atoms with E-state index in [4.69, 9.17) is 0 Å². The molecular formula is C23H16N4. The minimum absolute atomic E-state index is 0.192. The van der Waals surface area contributed by atoms with E-state index < -0.39 is 16.7 Å². The van der Waals surface area contributed by atoms with Crippen LogP contribution in [0.5, 0.6) is 0 Å². The van der Waals surface area contributed by atoms with Gasteiger partial charge in [0.15, 0.2) is 10.8 Å². The van der Waals surface area contributed by atoms with Gasteiger partial charge in [-0.3, -0.25) is 0 Å². The van der Waals surface area contributed by atoms with Crippen molar-refractivity contribution in [1.29, 1.82) is 21.0 Å². The van der Waals surface area contributed by atoms with Crippen LogP contribution >= 0.6 is 0 Å². The Labute approximate surface area is 158 Å². The average molecular weight is 348 g/mol. The molecule has 1 atom stereocenters. The van der Waals surface area contributed by atoms with Crippen molar-refractivity contribution in [3.63, 3.8) is 0 Å². The standard InChI is InChI=1S/C23H16N4/c24-12-22(13-25)11-17-7-4-9-19(17)21(23(22,14-26)15-27)20-10-3-6-16-5-1-2-8-18(16)20/h1-3,5-6,8,10,21H,4,7,9,11H2. The first-order valence-electron chi connectivity index (χ1n) is 9.00. The van der Waals surface area contributed by atoms with Crippen LogP contribution in [0.4, 0.5) is 0 Å². The second-order valence-corrected chi connectivity index (χ2v) is 7.32. The zero-order chi connectivity index (χ0) is 19.1. The number of fused-ring (bicyclic) bond motifs is 1. The van der Waals surface area contributed by atoms with Crippen LogP contribution in [0.15, 0.2) is 53.6 Å². The number of rotatable bonds is 1. The maximum Gasteiger partial charge on any atom is 0.186 e. The summed E-state index contributed by atoms with van der Waals surface area (Å²) in [6.07, 6.45) is 2.76. The highest BCUT2D eigenvalue weighted by molar-refractivity contribution is 5.87. The molecule has 0 bridgehead atoms. The van der Waals surface area contributed by atoms with Gasteiger partial charge in [0.2, 0.25) is 0 Å². The van der Waals surface area contributed by atoms with Crippen molar-refractivity contribution in [3.8, 4) is 24.3 Å². The van der Waals surface area contributed by atoms with Crippen LogP contribution in [0.2, 0.25) is 0 Å². The van der Waals surface area contributed by atoms with E-state index in [9.17, 15) is 21.0 Å². The summed E-state index contributed by atoms with van der Waals surface area (Å²) in [7, 11) is 0. The molecule has 1 unspecified atom stereocenters. The summed E-state index contributed by atoms with van der Waals surface area (Å²) < 4.78 is 0. The molecule has 0 aromatic heterocycles. The lowest BCUT2D eigenvalue weighted by molar-refractivity contribution is 0.242. The highest BCUT2D eigenvalue weighted by Crippen LogP contribution is 2.62. The Morgan fingerprint density at radius 3 is 2.22 bits per heavy atom. The summed E-state index contributed by atoms with van der Waals surface area (Å²) in [5.41, 5.74) is -0.377. The molecule has 0 saturated heterocycles. The molecule has 0 spiro atoms. The molecule has 2 aliphatic rings. The summed E-state index contributed by atoms with van der Waals surface area (Å²) in [4.78, 5) is 0. The van der Waals surface area contributed by atoms with Gasteiger partial charge in [-0.2, -0.15) is 21.0 Å². The van der Waals surface area contributed by atoms with Gasteiger partial charge in [0.25, 0.3) is 0 Å². The second kappa shape index (κ2) is 5.99. The number of hydrogen-bond acceptors (Lipinski definition) is 4. The van der Waals surface area contributed by atoms with Crippen molar-refractivity contribution < 1.29 is 0 Å². The minimum atomic E-state index is -1.73. The van der Waals surface area contributed by atoms with Gasteiger partial charge in [-0.15, -0.1) is 0 Å². The summed E-state index contributed by atoms with van der Waals surface area (Å²) >= 11 is 0. The molecule has 0 fully saturated rings. The van der Waals surface area contributed by atoms with Crippen LogP contribution in [-0.2, 0) is 0 Å². The van der Waals surface area contributed by atoms with E-state index in [1.54, 1.807) is 0 Å². The van der Waals surface area contributed by atoms with Crippen LogP contribution in [-0.4, -0.2) is 0 Å². The van der Waals surface area contributed by atoms with Crippen molar-refractivity contribution in [3.05, 3.63) is 59.2 Å². The van der Waals surface area contributed by atoms with Gasteiger partial charge in [-0.25, -0.2) is 0 Å². The molecule has 27 heavy (non-hydrogen) atoms. The Kier molecular flexibility index (Phi) is 3.73. The SMILES string of the molecule is N#CC1(C#N)CC2=C(CCC2)C(c2cccc3ccccc23)C1(C#N)C#N. The largest absolute Gasteiger partial charge is 0.196 e. The maximum atomic E-state index is 10.2. The fraction of sp³-hybridized carbons (Fsp3) is 0.304. The van der Waals surface area contributed by atoms with Crippen LogP contribution in [0, 0.1) is 56.2 Å². The summed E-state index contributed by atoms with van der Waals surface area (Å²) in [5, 5.41) is 42.2. The van der Waals surface area contributed by atoms with Crippen molar-refractivity contribution >= 4 is 10.8 Å². The molecule has 2 aromatic carbocycles. The minimum Gasteiger partial charge on any atom is -0.196 e. The highest BCUT2D eigenvalue weighted by atomic mass is 14.6. The number of allylic oxidation sites excluding steroid dienone is 2. The molecule has 4 heteroatoms. The second-order valence-electron chi connectivity index (χ2n) is 7.32. The fourth-order valence-electron chi connectivity index (χ4n) is 4.90. The summed E-state index contributed by atoms with van der Waals surface area (Å²) in [6, 6.07) is 22.2. The average Bonchev–Trinajstić information content (AvgIpc) is 3.19. The fourth-order valence-corrected chi connectivity index (χ4v) is 4.90. The Hall–Kier alpha value is -3.60. The van der Waals surface area contributed by atoms with Crippen LogP contribution in [0.1, 0.15) is 37.2 Å². The lowest BCUT2D eigenvalue weighted by Gasteiger charge is -2.43. The Bertz CT molecular complexity index is 1110. The first kappa shape index (κ1) is 16.8. The topological polar surface area (TPSA) is 95.2 Å². The Morgan fingerprint density at radius 2 is 1.52 bits per heavy atom. The molecule has 2 aliphatic carbocycles. The van der Waals surface area contributed by atoms with Gasteiger partial charge in [0, 0.05) is 12.3 Å². The van der Waals surface area contributed by atoms with Gasteiger partial charge < -0.3 is 0 Å². The number of nitrogens with zero attached hydrogens (tertiary/aromatic N) is 4. The van der Waals surface area contributed by atoms with Crippen molar-refractivity contribution in [2.24, 2.45) is 10.8 Å². The smallest absolute Gasteiger partial charge is 0.186 e. The lowest BCUT2D eigenvalue weighted by atomic mass is 9.51. The third-order valence-electron chi connectivity index (χ3n) is 6.18. The van der Waals surface area contributed by atoms with Crippen LogP contribution < -0.4 is 0 Å². The summed E-state index contributed by atoms with van der Waals surface area (Å²) in [6.45, 7) is 0. The van der Waals surface area contributed by atoms with E-state index in [-0.39, 0.29) is 6.42 Å². The Balaban J connectivity index is 2.12. The molecule has 0 saturated carbocycles. The predicted octanol–water partition coefficient (Wildman–Crippen LogP) is 4.87. The normalized spacial score (nSPS) is 22.1. The number of nitriles is 4. The molecule has 0 heterocycles. The first-order valence-corrected chi connectivity index (χ1v) is 9.00. The van der Waals surface area contributed by atoms with Gasteiger partial charge in [-0.05, 0) is 35.6 Å². The lowest BCUT2D eigenvalue weighted by Crippen LogP contribution is -2.46. The predicted molar refractivity (Wildman–Crippen MR) is 99.5 cm³/mol. The molecule has 0 amide bonds.